The summed E-state index contributed by atoms with van der Waals surface area (Å²) in [5, 5.41) is 2.96. The summed E-state index contributed by atoms with van der Waals surface area (Å²) >= 11 is 0. The fraction of sp³-hybridized carbons (Fsp3) is 0.318. The minimum absolute atomic E-state index is 0.0717. The number of benzene rings is 2. The number of carbonyl (C=O) groups excluding carboxylic acids is 2. The van der Waals surface area contributed by atoms with E-state index in [1.807, 2.05) is 60.0 Å². The number of nitrogens with zero attached hydrogens (tertiary/aromatic N) is 3. The second-order valence-electron chi connectivity index (χ2n) is 7.13. The third-order valence-corrected chi connectivity index (χ3v) is 5.21. The predicted molar refractivity (Wildman–Crippen MR) is 109 cm³/mol. The zero-order valence-electron chi connectivity index (χ0n) is 16.0. The normalized spacial score (nSPS) is 16.5. The van der Waals surface area contributed by atoms with Crippen LogP contribution in [0.5, 0.6) is 0 Å². The number of imidazole rings is 1. The van der Waals surface area contributed by atoms with Gasteiger partial charge >= 0.3 is 0 Å². The van der Waals surface area contributed by atoms with Crippen LogP contribution in [-0.2, 0) is 9.59 Å². The second-order valence-corrected chi connectivity index (χ2v) is 7.13. The van der Waals surface area contributed by atoms with E-state index in [-0.39, 0.29) is 17.9 Å². The van der Waals surface area contributed by atoms with Crippen LogP contribution in [0.2, 0.25) is 0 Å². The highest BCUT2D eigenvalue weighted by molar-refractivity contribution is 5.97. The fourth-order valence-electron chi connectivity index (χ4n) is 3.79. The Morgan fingerprint density at radius 2 is 1.93 bits per heavy atom. The molecule has 0 saturated carbocycles. The molecule has 1 unspecified atom stereocenters. The lowest BCUT2D eigenvalue weighted by Crippen LogP contribution is -2.43. The van der Waals surface area contributed by atoms with E-state index in [1.54, 1.807) is 11.2 Å². The minimum atomic E-state index is -0.365. The van der Waals surface area contributed by atoms with Crippen LogP contribution in [-0.4, -0.2) is 38.9 Å². The highest BCUT2D eigenvalue weighted by Gasteiger charge is 2.33. The monoisotopic (exact) mass is 376 g/mol. The van der Waals surface area contributed by atoms with Crippen LogP contribution < -0.4 is 5.32 Å². The van der Waals surface area contributed by atoms with Crippen molar-refractivity contribution in [1.82, 2.24) is 14.5 Å². The van der Waals surface area contributed by atoms with Crippen molar-refractivity contribution in [3.05, 3.63) is 54.9 Å². The third-order valence-electron chi connectivity index (χ3n) is 5.21. The molecule has 2 aromatic carbocycles. The van der Waals surface area contributed by atoms with E-state index < -0.39 is 0 Å². The first-order valence-electron chi connectivity index (χ1n) is 9.80. The maximum absolute atomic E-state index is 12.7. The van der Waals surface area contributed by atoms with E-state index >= 15 is 0 Å². The molecule has 4 rings (SSSR count). The van der Waals surface area contributed by atoms with E-state index in [1.165, 1.54) is 0 Å². The molecular formula is C22H24N4O2. The highest BCUT2D eigenvalue weighted by atomic mass is 16.2. The summed E-state index contributed by atoms with van der Waals surface area (Å²) in [5.41, 5.74) is 3.69. The lowest BCUT2D eigenvalue weighted by molar-refractivity contribution is -0.136. The zero-order chi connectivity index (χ0) is 19.5. The van der Waals surface area contributed by atoms with Gasteiger partial charge < -0.3 is 10.2 Å². The van der Waals surface area contributed by atoms with Crippen LogP contribution >= 0.6 is 0 Å². The van der Waals surface area contributed by atoms with E-state index in [0.717, 1.165) is 41.7 Å². The standard InChI is InChI=1S/C22H24N4O2/c1-2-6-21(27)25-14-5-9-20(25)22(28)24-16-10-12-17(13-11-16)26-15-23-18-7-3-4-8-19(18)26/h3-4,7-8,10-13,15,20H,2,5-6,9,14H2,1H3,(H,24,28). The van der Waals surface area contributed by atoms with Crippen LogP contribution in [0.3, 0.4) is 0 Å². The van der Waals surface area contributed by atoms with Gasteiger partial charge in [0.15, 0.2) is 0 Å². The van der Waals surface area contributed by atoms with Crippen molar-refractivity contribution in [1.29, 1.82) is 0 Å². The van der Waals surface area contributed by atoms with Crippen LogP contribution in [0, 0.1) is 0 Å². The molecule has 1 aliphatic heterocycles. The van der Waals surface area contributed by atoms with Gasteiger partial charge in [0.25, 0.3) is 0 Å². The van der Waals surface area contributed by atoms with Crippen molar-refractivity contribution in [2.24, 2.45) is 0 Å². The summed E-state index contributed by atoms with van der Waals surface area (Å²) in [6.07, 6.45) is 4.69. The Kier molecular flexibility index (Phi) is 5.10. The van der Waals surface area contributed by atoms with Gasteiger partial charge in [0.05, 0.1) is 11.0 Å². The molecule has 2 heterocycles. The number of carbonyl (C=O) groups is 2. The molecular weight excluding hydrogens is 352 g/mol. The molecule has 0 radical (unpaired) electrons. The van der Waals surface area contributed by atoms with Gasteiger partial charge in [-0.25, -0.2) is 4.98 Å². The maximum atomic E-state index is 12.7. The first-order valence-corrected chi connectivity index (χ1v) is 9.80. The SMILES string of the molecule is CCCC(=O)N1CCCC1C(=O)Nc1ccc(-n2cnc3ccccc32)cc1. The van der Waals surface area contributed by atoms with Crippen molar-refractivity contribution in [2.45, 2.75) is 38.6 Å². The number of fused-ring (bicyclic) bond motifs is 1. The Bertz CT molecular complexity index is 993. The molecule has 1 saturated heterocycles. The third kappa shape index (κ3) is 3.50. The zero-order valence-corrected chi connectivity index (χ0v) is 16.0. The van der Waals surface area contributed by atoms with Gasteiger partial charge in [0, 0.05) is 24.3 Å². The summed E-state index contributed by atoms with van der Waals surface area (Å²) in [7, 11) is 0. The van der Waals surface area contributed by atoms with Crippen LogP contribution in [0.4, 0.5) is 5.69 Å². The number of para-hydroxylation sites is 2. The molecule has 28 heavy (non-hydrogen) atoms. The number of anilines is 1. The number of hydrogen-bond donors (Lipinski definition) is 1. The first kappa shape index (κ1) is 18.2. The first-order chi connectivity index (χ1) is 13.7. The Hall–Kier alpha value is -3.15. The molecule has 0 aliphatic carbocycles. The van der Waals surface area contributed by atoms with Gasteiger partial charge in [-0.2, -0.15) is 0 Å². The van der Waals surface area contributed by atoms with Gasteiger partial charge in [-0.15, -0.1) is 0 Å². The van der Waals surface area contributed by atoms with E-state index in [4.69, 9.17) is 0 Å². The van der Waals surface area contributed by atoms with Crippen molar-refractivity contribution in [2.75, 3.05) is 11.9 Å². The summed E-state index contributed by atoms with van der Waals surface area (Å²) < 4.78 is 2.02. The predicted octanol–water partition coefficient (Wildman–Crippen LogP) is 3.76. The minimum Gasteiger partial charge on any atom is -0.331 e. The second kappa shape index (κ2) is 7.84. The summed E-state index contributed by atoms with van der Waals surface area (Å²) in [5.74, 6) is -0.0368. The lowest BCUT2D eigenvalue weighted by Gasteiger charge is -2.24. The van der Waals surface area contributed by atoms with E-state index in [2.05, 4.69) is 10.3 Å². The van der Waals surface area contributed by atoms with Crippen molar-refractivity contribution in [3.8, 4) is 5.69 Å². The quantitative estimate of drug-likeness (QED) is 0.737. The van der Waals surface area contributed by atoms with Crippen LogP contribution in [0.1, 0.15) is 32.6 Å². The Balaban J connectivity index is 1.47. The molecule has 1 N–H and O–H groups in total. The number of nitrogens with one attached hydrogen (secondary N) is 1. The summed E-state index contributed by atoms with van der Waals surface area (Å²) in [6, 6.07) is 15.3. The van der Waals surface area contributed by atoms with Gasteiger partial charge in [-0.3, -0.25) is 14.2 Å². The molecule has 6 heteroatoms. The molecule has 2 amide bonds. The van der Waals surface area contributed by atoms with Gasteiger partial charge in [-0.05, 0) is 55.7 Å². The Morgan fingerprint density at radius 1 is 1.14 bits per heavy atom. The summed E-state index contributed by atoms with van der Waals surface area (Å²) in [4.78, 5) is 31.1. The van der Waals surface area contributed by atoms with Crippen molar-refractivity contribution < 1.29 is 9.59 Å². The van der Waals surface area contributed by atoms with Gasteiger partial charge in [-0.1, -0.05) is 19.1 Å². The fourth-order valence-corrected chi connectivity index (χ4v) is 3.79. The Morgan fingerprint density at radius 3 is 2.71 bits per heavy atom. The number of rotatable bonds is 5. The molecule has 0 bridgehead atoms. The molecule has 144 valence electrons. The molecule has 0 spiro atoms. The average molecular weight is 376 g/mol. The molecule has 6 nitrogen and oxygen atoms in total. The average Bonchev–Trinajstić information content (AvgIpc) is 3.36. The number of likely N-dealkylation sites (tertiary alicyclic amines) is 1. The molecule has 1 aromatic heterocycles. The number of aromatic nitrogens is 2. The Labute approximate surface area is 164 Å². The van der Waals surface area contributed by atoms with Crippen LogP contribution in [0.15, 0.2) is 54.9 Å². The molecule has 1 aliphatic rings. The number of amides is 2. The van der Waals surface area contributed by atoms with Crippen molar-refractivity contribution in [3.63, 3.8) is 0 Å². The molecule has 1 atom stereocenters. The maximum Gasteiger partial charge on any atom is 0.247 e. The van der Waals surface area contributed by atoms with Crippen molar-refractivity contribution >= 4 is 28.5 Å². The summed E-state index contributed by atoms with van der Waals surface area (Å²) in [6.45, 7) is 2.65. The lowest BCUT2D eigenvalue weighted by atomic mass is 10.2. The highest BCUT2D eigenvalue weighted by Crippen LogP contribution is 2.22. The topological polar surface area (TPSA) is 67.2 Å². The largest absolute Gasteiger partial charge is 0.331 e. The molecule has 1 fully saturated rings. The number of hydrogen-bond acceptors (Lipinski definition) is 3. The molecule has 3 aromatic rings. The van der Waals surface area contributed by atoms with E-state index in [0.29, 0.717) is 13.0 Å². The van der Waals surface area contributed by atoms with Crippen LogP contribution in [0.25, 0.3) is 16.7 Å². The smallest absolute Gasteiger partial charge is 0.247 e. The van der Waals surface area contributed by atoms with E-state index in [9.17, 15) is 9.59 Å². The van der Waals surface area contributed by atoms with Gasteiger partial charge in [0.1, 0.15) is 12.4 Å². The van der Waals surface area contributed by atoms with Gasteiger partial charge in [0.2, 0.25) is 11.8 Å².